The van der Waals surface area contributed by atoms with Crippen LogP contribution in [0.4, 0.5) is 0 Å². The highest BCUT2D eigenvalue weighted by Gasteiger charge is 2.23. The van der Waals surface area contributed by atoms with Crippen molar-refractivity contribution in [2.75, 3.05) is 0 Å². The second-order valence-corrected chi connectivity index (χ2v) is 6.11. The van der Waals surface area contributed by atoms with Gasteiger partial charge in [0.05, 0.1) is 10.8 Å². The van der Waals surface area contributed by atoms with Crippen molar-refractivity contribution in [2.45, 2.75) is 36.0 Å². The van der Waals surface area contributed by atoms with E-state index in [-0.39, 0.29) is 0 Å². The molecule has 2 aromatic carbocycles. The summed E-state index contributed by atoms with van der Waals surface area (Å²) in [5, 5.41) is 0. The zero-order valence-corrected chi connectivity index (χ0v) is 11.3. The van der Waals surface area contributed by atoms with Crippen LogP contribution in [0.1, 0.15) is 30.0 Å². The Morgan fingerprint density at radius 1 is 1.06 bits per heavy atom. The summed E-state index contributed by atoms with van der Waals surface area (Å²) in [6.07, 6.45) is 3.13. The van der Waals surface area contributed by atoms with Crippen LogP contribution in [0.15, 0.2) is 52.3 Å². The minimum Gasteiger partial charge on any atom is -0.249 e. The summed E-state index contributed by atoms with van der Waals surface area (Å²) in [6.45, 7) is 2.19. The van der Waals surface area contributed by atoms with Crippen LogP contribution in [-0.4, -0.2) is 4.21 Å². The first-order valence-electron chi connectivity index (χ1n) is 6.41. The molecule has 18 heavy (non-hydrogen) atoms. The first-order chi connectivity index (χ1) is 8.81. The van der Waals surface area contributed by atoms with Crippen LogP contribution in [0.2, 0.25) is 0 Å². The molecule has 0 radical (unpaired) electrons. The van der Waals surface area contributed by atoms with Crippen molar-refractivity contribution >= 4 is 10.8 Å². The molecule has 0 saturated heterocycles. The first-order valence-corrected chi connectivity index (χ1v) is 7.56. The van der Waals surface area contributed by atoms with E-state index in [0.717, 1.165) is 29.1 Å². The molecule has 0 spiro atoms. The van der Waals surface area contributed by atoms with E-state index in [2.05, 4.69) is 19.1 Å². The third-order valence-corrected chi connectivity index (χ3v) is 5.07. The largest absolute Gasteiger partial charge is 0.249 e. The smallest absolute Gasteiger partial charge is 0.0855 e. The molecular weight excluding hydrogens is 240 g/mol. The second kappa shape index (κ2) is 4.69. The summed E-state index contributed by atoms with van der Waals surface area (Å²) in [7, 11) is -1.00. The van der Waals surface area contributed by atoms with Gasteiger partial charge < -0.3 is 0 Å². The molecule has 1 nitrogen and oxygen atoms in total. The van der Waals surface area contributed by atoms with Crippen LogP contribution in [0.3, 0.4) is 0 Å². The monoisotopic (exact) mass is 256 g/mol. The van der Waals surface area contributed by atoms with Gasteiger partial charge in [-0.05, 0) is 35.2 Å². The number of aryl methyl sites for hydroxylation is 1. The number of fused-ring (bicyclic) bond motifs is 2. The Morgan fingerprint density at radius 3 is 2.67 bits per heavy atom. The van der Waals surface area contributed by atoms with Crippen molar-refractivity contribution < 1.29 is 4.21 Å². The van der Waals surface area contributed by atoms with Crippen molar-refractivity contribution in [2.24, 2.45) is 0 Å². The van der Waals surface area contributed by atoms with Gasteiger partial charge in [-0.3, -0.25) is 0 Å². The van der Waals surface area contributed by atoms with Crippen LogP contribution in [0, 0.1) is 0 Å². The molecule has 0 aromatic heterocycles. The van der Waals surface area contributed by atoms with E-state index >= 15 is 0 Å². The SMILES string of the molecule is CCCc1cccc2c1Cc1ccccc1S2=O. The van der Waals surface area contributed by atoms with Crippen molar-refractivity contribution in [1.29, 1.82) is 0 Å². The summed E-state index contributed by atoms with van der Waals surface area (Å²) in [4.78, 5) is 2.00. The van der Waals surface area contributed by atoms with Gasteiger partial charge in [0, 0.05) is 16.2 Å². The standard InChI is InChI=1S/C16H16OS/c1-2-6-12-8-5-10-16-14(12)11-13-7-3-4-9-15(13)18(16)17/h3-5,7-10H,2,6,11H2,1H3. The number of hydrogen-bond donors (Lipinski definition) is 0. The Hall–Kier alpha value is -1.41. The number of benzene rings is 2. The minimum atomic E-state index is -1.00. The molecular formula is C16H16OS. The Balaban J connectivity index is 2.16. The molecule has 0 N–H and O–H groups in total. The van der Waals surface area contributed by atoms with Crippen LogP contribution in [-0.2, 0) is 23.6 Å². The lowest BCUT2D eigenvalue weighted by atomic mass is 9.96. The zero-order valence-electron chi connectivity index (χ0n) is 10.5. The minimum absolute atomic E-state index is 0.924. The fourth-order valence-electron chi connectivity index (χ4n) is 2.63. The van der Waals surface area contributed by atoms with Crippen molar-refractivity contribution in [3.8, 4) is 0 Å². The topological polar surface area (TPSA) is 17.1 Å². The van der Waals surface area contributed by atoms with Gasteiger partial charge in [0.2, 0.25) is 0 Å². The molecule has 1 aliphatic heterocycles. The average Bonchev–Trinajstić information content (AvgIpc) is 2.40. The lowest BCUT2D eigenvalue weighted by Gasteiger charge is -2.21. The summed E-state index contributed by atoms with van der Waals surface area (Å²) in [6, 6.07) is 14.3. The summed E-state index contributed by atoms with van der Waals surface area (Å²) >= 11 is 0. The van der Waals surface area contributed by atoms with Gasteiger partial charge in [-0.25, -0.2) is 4.21 Å². The molecule has 1 unspecified atom stereocenters. The van der Waals surface area contributed by atoms with Gasteiger partial charge in [0.25, 0.3) is 0 Å². The zero-order chi connectivity index (χ0) is 12.5. The third kappa shape index (κ3) is 1.81. The fraction of sp³-hybridized carbons (Fsp3) is 0.250. The van der Waals surface area contributed by atoms with Gasteiger partial charge in [-0.1, -0.05) is 43.7 Å². The summed E-state index contributed by atoms with van der Waals surface area (Å²) < 4.78 is 12.6. The van der Waals surface area contributed by atoms with Gasteiger partial charge in [-0.2, -0.15) is 0 Å². The lowest BCUT2D eigenvalue weighted by Crippen LogP contribution is -2.11. The summed E-state index contributed by atoms with van der Waals surface area (Å²) in [5.41, 5.74) is 3.86. The van der Waals surface area contributed by atoms with E-state index in [1.165, 1.54) is 16.7 Å². The fourth-order valence-corrected chi connectivity index (χ4v) is 4.08. The van der Waals surface area contributed by atoms with Gasteiger partial charge in [0.1, 0.15) is 0 Å². The molecule has 2 heteroatoms. The number of rotatable bonds is 2. The highest BCUT2D eigenvalue weighted by molar-refractivity contribution is 7.85. The molecule has 1 atom stereocenters. The maximum absolute atomic E-state index is 12.6. The maximum atomic E-state index is 12.6. The molecule has 0 amide bonds. The first kappa shape index (κ1) is 11.7. The van der Waals surface area contributed by atoms with E-state index < -0.39 is 10.8 Å². The highest BCUT2D eigenvalue weighted by atomic mass is 32.2. The van der Waals surface area contributed by atoms with E-state index in [4.69, 9.17) is 0 Å². The number of hydrogen-bond acceptors (Lipinski definition) is 1. The van der Waals surface area contributed by atoms with Crippen LogP contribution >= 0.6 is 0 Å². The van der Waals surface area contributed by atoms with E-state index in [1.54, 1.807) is 0 Å². The maximum Gasteiger partial charge on any atom is 0.0855 e. The summed E-state index contributed by atoms with van der Waals surface area (Å²) in [5.74, 6) is 0. The Labute approximate surface area is 110 Å². The van der Waals surface area contributed by atoms with E-state index in [0.29, 0.717) is 0 Å². The van der Waals surface area contributed by atoms with E-state index in [9.17, 15) is 4.21 Å². The molecule has 0 fully saturated rings. The normalized spacial score (nSPS) is 17.1. The Bertz CT molecular complexity index is 616. The molecule has 1 aliphatic rings. The Morgan fingerprint density at radius 2 is 1.83 bits per heavy atom. The van der Waals surface area contributed by atoms with Gasteiger partial charge in [0.15, 0.2) is 0 Å². The van der Waals surface area contributed by atoms with E-state index in [1.807, 2.05) is 30.3 Å². The lowest BCUT2D eigenvalue weighted by molar-refractivity contribution is 0.679. The van der Waals surface area contributed by atoms with Crippen molar-refractivity contribution in [1.82, 2.24) is 0 Å². The quantitative estimate of drug-likeness (QED) is 0.683. The van der Waals surface area contributed by atoms with Gasteiger partial charge in [-0.15, -0.1) is 0 Å². The third-order valence-electron chi connectivity index (χ3n) is 3.49. The Kier molecular flexibility index (Phi) is 3.04. The molecule has 2 aromatic rings. The van der Waals surface area contributed by atoms with Gasteiger partial charge >= 0.3 is 0 Å². The van der Waals surface area contributed by atoms with Crippen molar-refractivity contribution in [3.05, 3.63) is 59.2 Å². The van der Waals surface area contributed by atoms with Crippen LogP contribution in [0.25, 0.3) is 0 Å². The average molecular weight is 256 g/mol. The molecule has 0 bridgehead atoms. The second-order valence-electron chi connectivity index (χ2n) is 4.70. The van der Waals surface area contributed by atoms with Crippen LogP contribution < -0.4 is 0 Å². The predicted octanol–water partition coefficient (Wildman–Crippen LogP) is 3.71. The molecule has 3 rings (SSSR count). The molecule has 0 saturated carbocycles. The predicted molar refractivity (Wildman–Crippen MR) is 74.4 cm³/mol. The molecule has 92 valence electrons. The van der Waals surface area contributed by atoms with Crippen molar-refractivity contribution in [3.63, 3.8) is 0 Å². The highest BCUT2D eigenvalue weighted by Crippen LogP contribution is 2.33. The molecule has 1 heterocycles. The van der Waals surface area contributed by atoms with Crippen LogP contribution in [0.5, 0.6) is 0 Å². The molecule has 0 aliphatic carbocycles.